The van der Waals surface area contributed by atoms with Crippen LogP contribution < -0.4 is 14.8 Å². The molecule has 0 aliphatic heterocycles. The third-order valence-corrected chi connectivity index (χ3v) is 4.71. The Bertz CT molecular complexity index is 1150. The summed E-state index contributed by atoms with van der Waals surface area (Å²) >= 11 is 0. The molecule has 3 rings (SSSR count). The zero-order chi connectivity index (χ0) is 25.1. The van der Waals surface area contributed by atoms with Crippen LogP contribution in [0.25, 0.3) is 10.9 Å². The van der Waals surface area contributed by atoms with Gasteiger partial charge in [0, 0.05) is 24.8 Å². The van der Waals surface area contributed by atoms with Gasteiger partial charge in [-0.05, 0) is 25.1 Å². The molecule has 2 aromatic heterocycles. The van der Waals surface area contributed by atoms with Crippen molar-refractivity contribution in [3.8, 4) is 11.5 Å². The standard InChI is InChI=1S/C21H20F6N4O3/c1-11-30-15-8-16(32-2)17(34-10-18(33-3)21(25,26)27)7-14(15)19(31-11)29-9-13-6-12(4-5-28-13)20(22,23)24/h4-8,18H,9-10H2,1-3H3,(H,29,30,31). The van der Waals surface area contributed by atoms with Crippen LogP contribution in [0.2, 0.25) is 0 Å². The molecule has 0 saturated heterocycles. The molecule has 1 N–H and O–H groups in total. The largest absolute Gasteiger partial charge is 0.493 e. The Morgan fingerprint density at radius 1 is 1.00 bits per heavy atom. The van der Waals surface area contributed by atoms with Crippen molar-refractivity contribution < 1.29 is 40.6 Å². The summed E-state index contributed by atoms with van der Waals surface area (Å²) < 4.78 is 92.8. The number of hydrogen-bond donors (Lipinski definition) is 1. The van der Waals surface area contributed by atoms with Crippen molar-refractivity contribution in [3.63, 3.8) is 0 Å². The van der Waals surface area contributed by atoms with Gasteiger partial charge >= 0.3 is 12.4 Å². The summed E-state index contributed by atoms with van der Waals surface area (Å²) in [7, 11) is 2.23. The highest BCUT2D eigenvalue weighted by atomic mass is 19.4. The van der Waals surface area contributed by atoms with E-state index in [1.165, 1.54) is 19.2 Å². The number of pyridine rings is 1. The first-order valence-electron chi connectivity index (χ1n) is 9.77. The Morgan fingerprint density at radius 3 is 2.35 bits per heavy atom. The van der Waals surface area contributed by atoms with Crippen molar-refractivity contribution >= 4 is 16.7 Å². The van der Waals surface area contributed by atoms with Crippen LogP contribution in [0.15, 0.2) is 30.5 Å². The van der Waals surface area contributed by atoms with Gasteiger partial charge in [-0.25, -0.2) is 9.97 Å². The fraction of sp³-hybridized carbons (Fsp3) is 0.381. The van der Waals surface area contributed by atoms with Crippen LogP contribution in [-0.2, 0) is 17.5 Å². The number of anilines is 1. The number of benzene rings is 1. The Morgan fingerprint density at radius 2 is 1.74 bits per heavy atom. The first-order chi connectivity index (χ1) is 15.9. The Labute approximate surface area is 190 Å². The SMILES string of the molecule is COc1cc2nc(C)nc(NCc3cc(C(F)(F)F)ccn3)c2cc1OCC(OC)C(F)(F)F. The fourth-order valence-electron chi connectivity index (χ4n) is 3.05. The van der Waals surface area contributed by atoms with Crippen molar-refractivity contribution in [1.29, 1.82) is 0 Å². The minimum Gasteiger partial charge on any atom is -0.493 e. The summed E-state index contributed by atoms with van der Waals surface area (Å²) in [6.45, 7) is 0.680. The molecule has 0 aliphatic rings. The molecular formula is C21H20F6N4O3. The van der Waals surface area contributed by atoms with E-state index in [2.05, 4.69) is 25.0 Å². The number of hydrogen-bond acceptors (Lipinski definition) is 7. The lowest BCUT2D eigenvalue weighted by Crippen LogP contribution is -2.36. The normalized spacial score (nSPS) is 13.1. The summed E-state index contributed by atoms with van der Waals surface area (Å²) in [4.78, 5) is 12.5. The molecule has 3 aromatic rings. The number of halogens is 6. The summed E-state index contributed by atoms with van der Waals surface area (Å²) in [5.74, 6) is 0.690. The predicted octanol–water partition coefficient (Wildman–Crippen LogP) is 4.93. The van der Waals surface area contributed by atoms with Crippen LogP contribution in [0.5, 0.6) is 11.5 Å². The number of ether oxygens (including phenoxy) is 3. The van der Waals surface area contributed by atoms with Crippen LogP contribution in [0.1, 0.15) is 17.1 Å². The second-order valence-corrected chi connectivity index (χ2v) is 7.10. The monoisotopic (exact) mass is 490 g/mol. The Balaban J connectivity index is 1.92. The molecule has 0 aliphatic carbocycles. The van der Waals surface area contributed by atoms with Crippen molar-refractivity contribution in [2.45, 2.75) is 31.9 Å². The van der Waals surface area contributed by atoms with Crippen LogP contribution in [-0.4, -0.2) is 48.1 Å². The molecule has 0 fully saturated rings. The molecule has 0 amide bonds. The van der Waals surface area contributed by atoms with Gasteiger partial charge in [-0.3, -0.25) is 4.98 Å². The van der Waals surface area contributed by atoms with Crippen molar-refractivity contribution in [2.75, 3.05) is 26.1 Å². The molecule has 184 valence electrons. The maximum Gasteiger partial charge on any atom is 0.417 e. The molecule has 0 saturated carbocycles. The van der Waals surface area contributed by atoms with E-state index < -0.39 is 30.6 Å². The van der Waals surface area contributed by atoms with Gasteiger partial charge in [0.1, 0.15) is 18.2 Å². The second-order valence-electron chi connectivity index (χ2n) is 7.10. The van der Waals surface area contributed by atoms with E-state index in [9.17, 15) is 26.3 Å². The van der Waals surface area contributed by atoms with Crippen molar-refractivity contribution in [2.24, 2.45) is 0 Å². The fourth-order valence-corrected chi connectivity index (χ4v) is 3.05. The highest BCUT2D eigenvalue weighted by Gasteiger charge is 2.40. The smallest absolute Gasteiger partial charge is 0.417 e. The van der Waals surface area contributed by atoms with Gasteiger partial charge in [0.2, 0.25) is 0 Å². The summed E-state index contributed by atoms with van der Waals surface area (Å²) in [5.41, 5.74) is -0.353. The number of nitrogens with one attached hydrogen (secondary N) is 1. The third-order valence-electron chi connectivity index (χ3n) is 4.71. The molecule has 0 spiro atoms. The molecule has 7 nitrogen and oxygen atoms in total. The zero-order valence-corrected chi connectivity index (χ0v) is 18.2. The van der Waals surface area contributed by atoms with Gasteiger partial charge in [-0.2, -0.15) is 26.3 Å². The first-order valence-corrected chi connectivity index (χ1v) is 9.77. The summed E-state index contributed by atoms with van der Waals surface area (Å²) in [6, 6.07) is 4.61. The van der Waals surface area contributed by atoms with E-state index in [1.54, 1.807) is 6.92 Å². The number of alkyl halides is 6. The van der Waals surface area contributed by atoms with Gasteiger partial charge in [-0.1, -0.05) is 0 Å². The Hall–Kier alpha value is -3.35. The van der Waals surface area contributed by atoms with E-state index >= 15 is 0 Å². The van der Waals surface area contributed by atoms with E-state index in [1.807, 2.05) is 0 Å². The van der Waals surface area contributed by atoms with Crippen molar-refractivity contribution in [1.82, 2.24) is 15.0 Å². The third kappa shape index (κ3) is 5.95. The predicted molar refractivity (Wildman–Crippen MR) is 110 cm³/mol. The van der Waals surface area contributed by atoms with Crippen LogP contribution in [0.3, 0.4) is 0 Å². The van der Waals surface area contributed by atoms with Crippen molar-refractivity contribution in [3.05, 3.63) is 47.5 Å². The lowest BCUT2D eigenvalue weighted by atomic mass is 10.2. The molecule has 1 unspecified atom stereocenters. The molecule has 1 aromatic carbocycles. The summed E-state index contributed by atoms with van der Waals surface area (Å²) in [5, 5.41) is 3.26. The van der Waals surface area contributed by atoms with E-state index in [0.717, 1.165) is 25.4 Å². The first kappa shape index (κ1) is 25.3. The molecule has 0 bridgehead atoms. The van der Waals surface area contributed by atoms with Crippen LogP contribution in [0, 0.1) is 6.92 Å². The molecule has 0 radical (unpaired) electrons. The number of fused-ring (bicyclic) bond motifs is 1. The number of methoxy groups -OCH3 is 2. The topological polar surface area (TPSA) is 78.4 Å². The number of nitrogens with zero attached hydrogens (tertiary/aromatic N) is 3. The quantitative estimate of drug-likeness (QED) is 0.449. The van der Waals surface area contributed by atoms with Gasteiger partial charge in [0.25, 0.3) is 0 Å². The minimum absolute atomic E-state index is 0.0194. The maximum absolute atomic E-state index is 13.0. The molecule has 13 heteroatoms. The summed E-state index contributed by atoms with van der Waals surface area (Å²) in [6.07, 6.45) is -10.3. The van der Waals surface area contributed by atoms with E-state index in [0.29, 0.717) is 16.7 Å². The number of aromatic nitrogens is 3. The molecule has 1 atom stereocenters. The number of aryl methyl sites for hydroxylation is 1. The van der Waals surface area contributed by atoms with Gasteiger partial charge in [0.15, 0.2) is 17.6 Å². The highest BCUT2D eigenvalue weighted by Crippen LogP contribution is 2.35. The second kappa shape index (κ2) is 9.87. The highest BCUT2D eigenvalue weighted by molar-refractivity contribution is 5.91. The van der Waals surface area contributed by atoms with E-state index in [-0.39, 0.29) is 29.6 Å². The van der Waals surface area contributed by atoms with Crippen LogP contribution >= 0.6 is 0 Å². The van der Waals surface area contributed by atoms with Gasteiger partial charge < -0.3 is 19.5 Å². The minimum atomic E-state index is -4.64. The lowest BCUT2D eigenvalue weighted by molar-refractivity contribution is -0.219. The molecular weight excluding hydrogens is 470 g/mol. The Kier molecular flexibility index (Phi) is 7.34. The molecule has 2 heterocycles. The molecule has 34 heavy (non-hydrogen) atoms. The van der Waals surface area contributed by atoms with E-state index in [4.69, 9.17) is 9.47 Å². The average molecular weight is 490 g/mol. The lowest BCUT2D eigenvalue weighted by Gasteiger charge is -2.20. The van der Waals surface area contributed by atoms with Gasteiger partial charge in [-0.15, -0.1) is 0 Å². The van der Waals surface area contributed by atoms with Crippen LogP contribution in [0.4, 0.5) is 32.2 Å². The zero-order valence-electron chi connectivity index (χ0n) is 18.2. The average Bonchev–Trinajstić information content (AvgIpc) is 2.76. The van der Waals surface area contributed by atoms with Gasteiger partial charge in [0.05, 0.1) is 30.4 Å². The number of rotatable bonds is 8. The maximum atomic E-state index is 13.0.